The van der Waals surface area contributed by atoms with Crippen molar-refractivity contribution in [3.63, 3.8) is 0 Å². The summed E-state index contributed by atoms with van der Waals surface area (Å²) in [6.07, 6.45) is 5.54. The zero-order valence-corrected chi connectivity index (χ0v) is 18.8. The number of amides is 1. The topological polar surface area (TPSA) is 75.9 Å². The maximum Gasteiger partial charge on any atom is 0.257 e. The summed E-state index contributed by atoms with van der Waals surface area (Å²) >= 11 is 1.47. The molecule has 8 nitrogen and oxygen atoms in total. The first-order valence-corrected chi connectivity index (χ1v) is 12.2. The summed E-state index contributed by atoms with van der Waals surface area (Å²) in [5.41, 5.74) is 0.293. The zero-order valence-electron chi connectivity index (χ0n) is 17.9. The molecule has 3 saturated heterocycles. The highest BCUT2D eigenvalue weighted by Gasteiger charge is 2.58. The molecule has 5 heterocycles. The minimum Gasteiger partial charge on any atom is -0.342 e. The summed E-state index contributed by atoms with van der Waals surface area (Å²) in [7, 11) is 0. The molecule has 3 fully saturated rings. The molecule has 3 aliphatic rings. The Morgan fingerprint density at radius 2 is 1.88 bits per heavy atom. The zero-order chi connectivity index (χ0) is 22.7. The Labute approximate surface area is 192 Å². The number of carbonyl (C=O) groups is 1. The number of nitrogens with zero attached hydrogens (tertiary/aromatic N) is 6. The van der Waals surface area contributed by atoms with Crippen molar-refractivity contribution in [2.24, 2.45) is 0 Å². The number of hydrogen-bond donors (Lipinski definition) is 0. The van der Waals surface area contributed by atoms with Crippen molar-refractivity contribution in [2.45, 2.75) is 48.7 Å². The van der Waals surface area contributed by atoms with E-state index in [-0.39, 0.29) is 18.2 Å². The molecule has 11 heteroatoms. The number of hydrogen-bond acceptors (Lipinski definition) is 7. The van der Waals surface area contributed by atoms with Crippen LogP contribution in [0.2, 0.25) is 0 Å². The van der Waals surface area contributed by atoms with Gasteiger partial charge in [-0.15, -0.1) is 0 Å². The lowest BCUT2D eigenvalue weighted by Gasteiger charge is -2.38. The maximum atomic E-state index is 13.8. The molecule has 0 radical (unpaired) electrons. The molecule has 3 aromatic rings. The summed E-state index contributed by atoms with van der Waals surface area (Å²) in [5, 5.41) is 5.01. The van der Waals surface area contributed by atoms with Crippen LogP contribution in [0, 0.1) is 11.6 Å². The van der Waals surface area contributed by atoms with Gasteiger partial charge >= 0.3 is 0 Å². The van der Waals surface area contributed by atoms with Crippen LogP contribution in [0.1, 0.15) is 37.3 Å². The minimum atomic E-state index is -0.912. The molecule has 6 rings (SSSR count). The van der Waals surface area contributed by atoms with E-state index >= 15 is 0 Å². The van der Waals surface area contributed by atoms with Crippen LogP contribution in [0.4, 0.5) is 14.7 Å². The average Bonchev–Trinajstić information content (AvgIpc) is 3.50. The van der Waals surface area contributed by atoms with Crippen LogP contribution in [0.25, 0.3) is 5.65 Å². The van der Waals surface area contributed by atoms with Crippen molar-refractivity contribution in [3.8, 4) is 0 Å². The van der Waals surface area contributed by atoms with Gasteiger partial charge in [-0.25, -0.2) is 13.8 Å². The van der Waals surface area contributed by atoms with Gasteiger partial charge in [-0.2, -0.15) is 14.6 Å². The molecule has 1 aromatic carbocycles. The van der Waals surface area contributed by atoms with Crippen LogP contribution >= 0.6 is 11.8 Å². The Morgan fingerprint density at radius 3 is 2.61 bits per heavy atom. The Balaban J connectivity index is 1.24. The summed E-state index contributed by atoms with van der Waals surface area (Å²) < 4.78 is 35.7. The van der Waals surface area contributed by atoms with E-state index < -0.39 is 17.2 Å². The smallest absolute Gasteiger partial charge is 0.257 e. The predicted octanol–water partition coefficient (Wildman–Crippen LogP) is 3.18. The Hall–Kier alpha value is -2.79. The second-order valence-electron chi connectivity index (χ2n) is 8.67. The van der Waals surface area contributed by atoms with Crippen molar-refractivity contribution in [1.29, 1.82) is 0 Å². The van der Waals surface area contributed by atoms with Crippen LogP contribution in [0.3, 0.4) is 0 Å². The van der Waals surface area contributed by atoms with E-state index in [9.17, 15) is 13.6 Å². The van der Waals surface area contributed by atoms with Crippen LogP contribution in [-0.4, -0.2) is 61.6 Å². The van der Waals surface area contributed by atoms with Gasteiger partial charge in [0.15, 0.2) is 16.4 Å². The maximum absolute atomic E-state index is 13.8. The Bertz CT molecular complexity index is 1220. The molecule has 2 aromatic heterocycles. The fourth-order valence-corrected chi connectivity index (χ4v) is 5.65. The molecule has 172 valence electrons. The van der Waals surface area contributed by atoms with Crippen LogP contribution in [-0.2, 0) is 9.53 Å². The summed E-state index contributed by atoms with van der Waals surface area (Å²) in [4.78, 5) is 26.5. The molecular weight excluding hydrogens is 450 g/mol. The number of halogens is 2. The molecule has 2 atom stereocenters. The number of anilines is 1. The Morgan fingerprint density at radius 1 is 1.12 bits per heavy atom. The van der Waals surface area contributed by atoms with Gasteiger partial charge in [-0.05, 0) is 36.8 Å². The van der Waals surface area contributed by atoms with Crippen molar-refractivity contribution >= 4 is 29.3 Å². The lowest BCUT2D eigenvalue weighted by atomic mass is 9.89. The number of rotatable bonds is 3. The number of carbonyl (C=O) groups excluding carboxylic acids is 1. The quantitative estimate of drug-likeness (QED) is 0.542. The van der Waals surface area contributed by atoms with Crippen molar-refractivity contribution in [3.05, 3.63) is 47.7 Å². The van der Waals surface area contributed by atoms with Gasteiger partial charge < -0.3 is 14.5 Å². The summed E-state index contributed by atoms with van der Waals surface area (Å²) in [5.74, 6) is -0.661. The second-order valence-corrected chi connectivity index (χ2v) is 9.45. The highest BCUT2D eigenvalue weighted by molar-refractivity contribution is 7.98. The predicted molar refractivity (Wildman–Crippen MR) is 117 cm³/mol. The lowest BCUT2D eigenvalue weighted by molar-refractivity contribution is -0.140. The average molecular weight is 473 g/mol. The molecule has 1 spiro atoms. The molecule has 0 saturated carbocycles. The SMILES string of the molecule is CSc1nc(N2CCC3(CC2)O[C@@H]2CC[C@@H](c4cc(F)cc(F)c4)N2C3=O)n2nccc2n1. The number of benzene rings is 1. The first-order valence-electron chi connectivity index (χ1n) is 10.9. The fourth-order valence-electron chi connectivity index (χ4n) is 5.29. The molecule has 0 bridgehead atoms. The molecule has 0 unspecified atom stereocenters. The molecule has 0 N–H and O–H groups in total. The first-order chi connectivity index (χ1) is 16.0. The van der Waals surface area contributed by atoms with Gasteiger partial charge in [0.05, 0.1) is 12.2 Å². The number of thioether (sulfide) groups is 1. The normalized spacial score (nSPS) is 24.3. The van der Waals surface area contributed by atoms with Crippen LogP contribution in [0.5, 0.6) is 0 Å². The third kappa shape index (κ3) is 3.28. The lowest BCUT2D eigenvalue weighted by Crippen LogP contribution is -2.51. The van der Waals surface area contributed by atoms with Crippen molar-refractivity contribution in [2.75, 3.05) is 24.2 Å². The van der Waals surface area contributed by atoms with Gasteiger partial charge in [0.2, 0.25) is 5.95 Å². The highest BCUT2D eigenvalue weighted by Crippen LogP contribution is 2.48. The highest BCUT2D eigenvalue weighted by atomic mass is 32.2. The van der Waals surface area contributed by atoms with Crippen LogP contribution < -0.4 is 4.90 Å². The number of fused-ring (bicyclic) bond motifs is 2. The van der Waals surface area contributed by atoms with E-state index in [0.29, 0.717) is 55.4 Å². The molecule has 33 heavy (non-hydrogen) atoms. The molecule has 1 amide bonds. The number of ether oxygens (including phenoxy) is 1. The van der Waals surface area contributed by atoms with E-state index in [1.54, 1.807) is 15.6 Å². The number of piperidine rings is 1. The van der Waals surface area contributed by atoms with E-state index in [0.717, 1.165) is 11.7 Å². The standard InChI is InChI=1S/C22H22F2N6O2S/c1-33-20-26-17-4-7-25-30(17)21(27-20)28-8-5-22(6-9-28)19(31)29-16(2-3-18(29)32-22)13-10-14(23)12-15(24)11-13/h4,7,10-12,16,18H,2-3,5-6,8-9H2,1H3/t16-,18+/m0/s1. The Kier molecular flexibility index (Phi) is 4.80. The van der Waals surface area contributed by atoms with Gasteiger partial charge in [-0.3, -0.25) is 4.79 Å². The molecule has 3 aliphatic heterocycles. The van der Waals surface area contributed by atoms with Crippen molar-refractivity contribution in [1.82, 2.24) is 24.5 Å². The van der Waals surface area contributed by atoms with Crippen molar-refractivity contribution < 1.29 is 18.3 Å². The van der Waals surface area contributed by atoms with E-state index in [1.165, 1.54) is 23.9 Å². The fraction of sp³-hybridized carbons (Fsp3) is 0.455. The monoisotopic (exact) mass is 472 g/mol. The van der Waals surface area contributed by atoms with Gasteiger partial charge in [0.25, 0.3) is 5.91 Å². The van der Waals surface area contributed by atoms with E-state index in [2.05, 4.69) is 20.0 Å². The van der Waals surface area contributed by atoms with E-state index in [4.69, 9.17) is 4.74 Å². The summed E-state index contributed by atoms with van der Waals surface area (Å²) in [6, 6.07) is 4.93. The van der Waals surface area contributed by atoms with E-state index in [1.807, 2.05) is 12.3 Å². The minimum absolute atomic E-state index is 0.0870. The van der Waals surface area contributed by atoms with Crippen LogP contribution in [0.15, 0.2) is 35.6 Å². The second kappa shape index (κ2) is 7.63. The van der Waals surface area contributed by atoms with Gasteiger partial charge in [-0.1, -0.05) is 11.8 Å². The first kappa shape index (κ1) is 20.8. The third-order valence-electron chi connectivity index (χ3n) is 6.84. The molecule has 0 aliphatic carbocycles. The molecular formula is C22H22F2N6O2S. The van der Waals surface area contributed by atoms with Gasteiger partial charge in [0.1, 0.15) is 17.9 Å². The summed E-state index contributed by atoms with van der Waals surface area (Å²) in [6.45, 7) is 1.15. The van der Waals surface area contributed by atoms with Gasteiger partial charge in [0, 0.05) is 38.1 Å². The number of aromatic nitrogens is 4. The third-order valence-corrected chi connectivity index (χ3v) is 7.39. The largest absolute Gasteiger partial charge is 0.342 e.